The van der Waals surface area contributed by atoms with E-state index in [4.69, 9.17) is 10.1 Å². The van der Waals surface area contributed by atoms with Crippen LogP contribution in [0.5, 0.6) is 0 Å². The van der Waals surface area contributed by atoms with Gasteiger partial charge in [-0.15, -0.1) is 0 Å². The number of aromatic nitrogens is 2. The summed E-state index contributed by atoms with van der Waals surface area (Å²) in [5, 5.41) is 8.90. The van der Waals surface area contributed by atoms with Gasteiger partial charge in [0.25, 0.3) is 0 Å². The van der Waals surface area contributed by atoms with Crippen molar-refractivity contribution in [1.29, 1.82) is 0 Å². The number of likely N-dealkylation sites (tertiary alicyclic amines) is 1. The van der Waals surface area contributed by atoms with Crippen molar-refractivity contribution in [2.75, 3.05) is 19.6 Å². The van der Waals surface area contributed by atoms with E-state index in [1.807, 2.05) is 6.07 Å². The van der Waals surface area contributed by atoms with Gasteiger partial charge in [-0.05, 0) is 45.4 Å². The molecule has 0 amide bonds. The van der Waals surface area contributed by atoms with Gasteiger partial charge in [-0.25, -0.2) is 4.98 Å². The Balaban J connectivity index is 1.87. The summed E-state index contributed by atoms with van der Waals surface area (Å²) < 4.78 is 2.35. The predicted octanol–water partition coefficient (Wildman–Crippen LogP) is 3.27. The summed E-state index contributed by atoms with van der Waals surface area (Å²) in [5.74, 6) is 0.815. The quantitative estimate of drug-likeness (QED) is 0.920. The number of para-hydroxylation sites is 2. The first-order chi connectivity index (χ1) is 11.1. The second-order valence-corrected chi connectivity index (χ2v) is 6.71. The van der Waals surface area contributed by atoms with Crippen molar-refractivity contribution in [3.8, 4) is 0 Å². The van der Waals surface area contributed by atoms with Crippen LogP contribution < -0.4 is 0 Å². The van der Waals surface area contributed by atoms with E-state index >= 15 is 0 Å². The molecule has 0 aliphatic carbocycles. The average molecular weight is 315 g/mol. The number of nitrogens with zero attached hydrogens (tertiary/aromatic N) is 3. The molecule has 5 nitrogen and oxygen atoms in total. The molecule has 1 aromatic heterocycles. The van der Waals surface area contributed by atoms with Gasteiger partial charge in [0.05, 0.1) is 17.5 Å². The molecule has 1 aliphatic rings. The Labute approximate surface area is 136 Å². The summed E-state index contributed by atoms with van der Waals surface area (Å²) in [6.07, 6.45) is 2.44. The number of fused-ring (bicyclic) bond motifs is 1. The van der Waals surface area contributed by atoms with Gasteiger partial charge in [0.1, 0.15) is 5.82 Å². The van der Waals surface area contributed by atoms with Crippen molar-refractivity contribution in [3.05, 3.63) is 30.1 Å². The molecule has 1 saturated heterocycles. The van der Waals surface area contributed by atoms with E-state index < -0.39 is 5.97 Å². The molecule has 0 saturated carbocycles. The van der Waals surface area contributed by atoms with Crippen molar-refractivity contribution >= 4 is 17.0 Å². The molecule has 0 spiro atoms. The second kappa shape index (κ2) is 6.71. The van der Waals surface area contributed by atoms with Crippen LogP contribution in [-0.4, -0.2) is 45.2 Å². The predicted molar refractivity (Wildman–Crippen MR) is 90.8 cm³/mol. The molecule has 1 aromatic carbocycles. The lowest BCUT2D eigenvalue weighted by Crippen LogP contribution is -2.36. The third-order valence-electron chi connectivity index (χ3n) is 4.65. The van der Waals surface area contributed by atoms with E-state index in [1.54, 1.807) is 0 Å². The highest BCUT2D eigenvalue weighted by Crippen LogP contribution is 2.31. The molecule has 1 atom stereocenters. The van der Waals surface area contributed by atoms with Gasteiger partial charge in [0, 0.05) is 25.0 Å². The minimum atomic E-state index is -0.721. The molecule has 124 valence electrons. The van der Waals surface area contributed by atoms with Gasteiger partial charge in [-0.2, -0.15) is 0 Å². The molecule has 0 radical (unpaired) electrons. The zero-order valence-electron chi connectivity index (χ0n) is 13.9. The van der Waals surface area contributed by atoms with E-state index in [1.165, 1.54) is 5.52 Å². The van der Waals surface area contributed by atoms with Crippen molar-refractivity contribution in [1.82, 2.24) is 14.5 Å². The Morgan fingerprint density at radius 1 is 1.39 bits per heavy atom. The van der Waals surface area contributed by atoms with E-state index in [-0.39, 0.29) is 6.42 Å². The zero-order chi connectivity index (χ0) is 16.4. The topological polar surface area (TPSA) is 58.4 Å². The molecule has 2 heterocycles. The molecular weight excluding hydrogens is 290 g/mol. The standard InChI is InChI=1S/C18H25N3O2/c1-13(2)21-16-8-4-3-7-15(16)19-18(21)14-6-5-10-20(12-14)11-9-17(22)23/h3-4,7-8,13-14H,5-6,9-12H2,1-2H3,(H,22,23). The van der Waals surface area contributed by atoms with Crippen LogP contribution in [0.4, 0.5) is 0 Å². The van der Waals surface area contributed by atoms with E-state index in [9.17, 15) is 4.79 Å². The van der Waals surface area contributed by atoms with Crippen molar-refractivity contribution in [2.45, 2.75) is 45.1 Å². The van der Waals surface area contributed by atoms with Crippen LogP contribution in [-0.2, 0) is 4.79 Å². The summed E-state index contributed by atoms with van der Waals surface area (Å²) in [4.78, 5) is 18.0. The Kier molecular flexibility index (Phi) is 4.66. The highest BCUT2D eigenvalue weighted by molar-refractivity contribution is 5.76. The molecule has 1 N–H and O–H groups in total. The molecular formula is C18H25N3O2. The summed E-state index contributed by atoms with van der Waals surface area (Å²) >= 11 is 0. The van der Waals surface area contributed by atoms with Crippen molar-refractivity contribution < 1.29 is 9.90 Å². The second-order valence-electron chi connectivity index (χ2n) is 6.71. The van der Waals surface area contributed by atoms with Gasteiger partial charge in [0.2, 0.25) is 0 Å². The Morgan fingerprint density at radius 3 is 2.91 bits per heavy atom. The fraction of sp³-hybridized carbons (Fsp3) is 0.556. The molecule has 1 fully saturated rings. The van der Waals surface area contributed by atoms with Gasteiger partial charge >= 0.3 is 5.97 Å². The van der Waals surface area contributed by atoms with Crippen molar-refractivity contribution in [3.63, 3.8) is 0 Å². The van der Waals surface area contributed by atoms with Crippen LogP contribution in [0.3, 0.4) is 0 Å². The lowest BCUT2D eigenvalue weighted by Gasteiger charge is -2.32. The highest BCUT2D eigenvalue weighted by Gasteiger charge is 2.27. The SMILES string of the molecule is CC(C)n1c(C2CCCN(CCC(=O)O)C2)nc2ccccc21. The van der Waals surface area contributed by atoms with E-state index in [0.717, 1.165) is 37.3 Å². The largest absolute Gasteiger partial charge is 0.481 e. The van der Waals surface area contributed by atoms with Crippen LogP contribution in [0.1, 0.15) is 50.9 Å². The van der Waals surface area contributed by atoms with Gasteiger partial charge in [-0.3, -0.25) is 4.79 Å². The van der Waals surface area contributed by atoms with Crippen LogP contribution in [0.15, 0.2) is 24.3 Å². The number of hydrogen-bond acceptors (Lipinski definition) is 3. The van der Waals surface area contributed by atoms with Crippen LogP contribution in [0.2, 0.25) is 0 Å². The minimum absolute atomic E-state index is 0.216. The summed E-state index contributed by atoms with van der Waals surface area (Å²) in [7, 11) is 0. The third-order valence-corrected chi connectivity index (χ3v) is 4.65. The normalized spacial score (nSPS) is 19.5. The molecule has 5 heteroatoms. The Hall–Kier alpha value is -1.88. The number of piperidine rings is 1. The maximum atomic E-state index is 10.8. The van der Waals surface area contributed by atoms with Crippen LogP contribution >= 0.6 is 0 Å². The minimum Gasteiger partial charge on any atom is -0.481 e. The first-order valence-corrected chi connectivity index (χ1v) is 8.47. The fourth-order valence-electron chi connectivity index (χ4n) is 3.62. The number of carboxylic acid groups (broad SMARTS) is 1. The maximum absolute atomic E-state index is 10.8. The first kappa shape index (κ1) is 16.0. The average Bonchev–Trinajstić information content (AvgIpc) is 2.93. The molecule has 2 aromatic rings. The van der Waals surface area contributed by atoms with Gasteiger partial charge < -0.3 is 14.6 Å². The molecule has 1 unspecified atom stereocenters. The first-order valence-electron chi connectivity index (χ1n) is 8.47. The van der Waals surface area contributed by atoms with Gasteiger partial charge in [-0.1, -0.05) is 12.1 Å². The lowest BCUT2D eigenvalue weighted by atomic mass is 9.96. The molecule has 23 heavy (non-hydrogen) atoms. The van der Waals surface area contributed by atoms with E-state index in [0.29, 0.717) is 18.5 Å². The number of aliphatic carboxylic acids is 1. The number of rotatable bonds is 5. The van der Waals surface area contributed by atoms with Crippen molar-refractivity contribution in [2.24, 2.45) is 0 Å². The zero-order valence-corrected chi connectivity index (χ0v) is 13.9. The van der Waals surface area contributed by atoms with Gasteiger partial charge in [0.15, 0.2) is 0 Å². The molecule has 1 aliphatic heterocycles. The monoisotopic (exact) mass is 315 g/mol. The van der Waals surface area contributed by atoms with Crippen LogP contribution in [0.25, 0.3) is 11.0 Å². The lowest BCUT2D eigenvalue weighted by molar-refractivity contribution is -0.137. The van der Waals surface area contributed by atoms with E-state index in [2.05, 4.69) is 41.5 Å². The fourth-order valence-corrected chi connectivity index (χ4v) is 3.62. The Bertz CT molecular complexity index is 693. The van der Waals surface area contributed by atoms with Crippen LogP contribution in [0, 0.1) is 0 Å². The summed E-state index contributed by atoms with van der Waals surface area (Å²) in [5.41, 5.74) is 2.25. The highest BCUT2D eigenvalue weighted by atomic mass is 16.4. The number of carboxylic acids is 1. The Morgan fingerprint density at radius 2 is 2.17 bits per heavy atom. The summed E-state index contributed by atoms with van der Waals surface area (Å²) in [6, 6.07) is 8.67. The summed E-state index contributed by atoms with van der Waals surface area (Å²) in [6.45, 7) is 6.92. The third kappa shape index (κ3) is 3.39. The number of benzene rings is 1. The maximum Gasteiger partial charge on any atom is 0.304 e. The number of imidazole rings is 1. The molecule has 0 bridgehead atoms. The smallest absolute Gasteiger partial charge is 0.304 e. The number of hydrogen-bond donors (Lipinski definition) is 1. The number of carbonyl (C=O) groups is 1. The molecule has 3 rings (SSSR count).